The van der Waals surface area contributed by atoms with Crippen LogP contribution in [-0.4, -0.2) is 23.6 Å². The van der Waals surface area contributed by atoms with E-state index in [0.29, 0.717) is 10.2 Å². The molecule has 0 saturated heterocycles. The Hall–Kier alpha value is -8.61. The number of benzene rings is 8. The van der Waals surface area contributed by atoms with Gasteiger partial charge in [0.1, 0.15) is 11.5 Å². The molecule has 0 bridgehead atoms. The van der Waals surface area contributed by atoms with Crippen molar-refractivity contribution in [3.63, 3.8) is 0 Å². The molecular formula is C56H50BrCl3N12O4. The Morgan fingerprint density at radius 3 is 1.49 bits per heavy atom. The molecule has 4 amide bonds. The van der Waals surface area contributed by atoms with Crippen LogP contribution in [0.4, 0.5) is 68.2 Å². The molecule has 0 spiro atoms. The van der Waals surface area contributed by atoms with E-state index in [9.17, 15) is 0 Å². The second kappa shape index (κ2) is 22.5. The van der Waals surface area contributed by atoms with E-state index in [4.69, 9.17) is 80.7 Å². The van der Waals surface area contributed by atoms with Gasteiger partial charge in [-0.2, -0.15) is 0 Å². The van der Waals surface area contributed by atoms with Crippen molar-refractivity contribution in [3.05, 3.63) is 212 Å². The summed E-state index contributed by atoms with van der Waals surface area (Å²) >= 11 is 23.4. The van der Waals surface area contributed by atoms with E-state index in [1.54, 1.807) is 66.7 Å². The highest BCUT2D eigenvalue weighted by molar-refractivity contribution is 9.10. The third kappa shape index (κ3) is 11.1. The molecule has 4 unspecified atom stereocenters. The Morgan fingerprint density at radius 1 is 0.461 bits per heavy atom. The lowest BCUT2D eigenvalue weighted by Gasteiger charge is -2.48. The average molecular weight is 1140 g/mol. The molecule has 19 N–H and O–H groups in total. The monoisotopic (exact) mass is 1140 g/mol. The third-order valence-electron chi connectivity index (χ3n) is 12.7. The molecule has 0 aliphatic carbocycles. The Balaban J connectivity index is 1.61. The van der Waals surface area contributed by atoms with Crippen LogP contribution in [0.3, 0.4) is 0 Å². The number of nitrogens with two attached hydrogens (primary N) is 8. The fourth-order valence-corrected chi connectivity index (χ4v) is 10.2. The molecule has 76 heavy (non-hydrogen) atoms. The van der Waals surface area contributed by atoms with Crippen LogP contribution in [-0.2, 0) is 24.6 Å². The number of para-hydroxylation sites is 1. The quantitative estimate of drug-likeness (QED) is 0.0427. The summed E-state index contributed by atoms with van der Waals surface area (Å²) < 4.78 is 0.709. The number of nitrogens with one attached hydrogen (secondary N) is 3. The van der Waals surface area contributed by atoms with Crippen LogP contribution >= 0.6 is 50.7 Å². The maximum Gasteiger partial charge on any atom is 0.252 e. The average Bonchev–Trinajstić information content (AvgIpc) is 3.47. The minimum atomic E-state index is -2.82. The van der Waals surface area contributed by atoms with E-state index in [2.05, 4.69) is 31.9 Å². The van der Waals surface area contributed by atoms with Gasteiger partial charge in [0, 0.05) is 82.6 Å². The number of nitrogens with zero attached hydrogens (tertiary/aromatic N) is 1. The highest BCUT2D eigenvalue weighted by Crippen LogP contribution is 2.57. The largest absolute Gasteiger partial charge is 0.399 e. The molecule has 0 radical (unpaired) electrons. The fraction of sp³-hybridized carbons (Fsp3) is 0.0714. The van der Waals surface area contributed by atoms with E-state index in [1.165, 1.54) is 103 Å². The van der Waals surface area contributed by atoms with Gasteiger partial charge in [-0.3, -0.25) is 24.1 Å². The van der Waals surface area contributed by atoms with Crippen molar-refractivity contribution < 1.29 is 19.2 Å². The first-order valence-electron chi connectivity index (χ1n) is 23.1. The van der Waals surface area contributed by atoms with E-state index >= 15 is 19.2 Å². The Labute approximate surface area is 460 Å². The molecule has 20 heteroatoms. The molecule has 0 aliphatic heterocycles. The Kier molecular flexibility index (Phi) is 15.9. The van der Waals surface area contributed by atoms with Gasteiger partial charge in [-0.05, 0) is 144 Å². The third-order valence-corrected chi connectivity index (χ3v) is 14.1. The van der Waals surface area contributed by atoms with Gasteiger partial charge in [0.15, 0.2) is 0 Å². The molecule has 0 aliphatic rings. The zero-order chi connectivity index (χ0) is 54.6. The summed E-state index contributed by atoms with van der Waals surface area (Å²) in [5.74, 6) is -7.86. The van der Waals surface area contributed by atoms with Gasteiger partial charge < -0.3 is 61.8 Å². The molecule has 8 rings (SSSR count). The molecule has 0 aromatic heterocycles. The summed E-state index contributed by atoms with van der Waals surface area (Å²) in [6, 6.07) is 40.8. The zero-order valence-corrected chi connectivity index (χ0v) is 44.0. The topological polar surface area (TPSA) is 316 Å². The van der Waals surface area contributed by atoms with Crippen LogP contribution in [0.1, 0.15) is 40.1 Å². The van der Waals surface area contributed by atoms with Gasteiger partial charge in [-0.1, -0.05) is 93.2 Å². The van der Waals surface area contributed by atoms with Crippen molar-refractivity contribution in [2.75, 3.05) is 66.7 Å². The van der Waals surface area contributed by atoms with Crippen molar-refractivity contribution in [1.82, 2.24) is 0 Å². The number of amides is 4. The first-order valence-corrected chi connectivity index (χ1v) is 25.1. The summed E-state index contributed by atoms with van der Waals surface area (Å²) in [5.41, 5.74) is 51.6. The summed E-state index contributed by atoms with van der Waals surface area (Å²) in [6.07, 6.45) is 0. The molecular weight excluding hydrogens is 1090 g/mol. The lowest BCUT2D eigenvalue weighted by Crippen LogP contribution is -2.60. The maximum absolute atomic E-state index is 18.1. The molecule has 16 nitrogen and oxygen atoms in total. The van der Waals surface area contributed by atoms with Crippen LogP contribution < -0.4 is 66.7 Å². The normalized spacial score (nSPS) is 13.1. The molecule has 386 valence electrons. The van der Waals surface area contributed by atoms with E-state index in [0.717, 1.165) is 4.90 Å². The zero-order valence-electron chi connectivity index (χ0n) is 40.1. The van der Waals surface area contributed by atoms with Crippen LogP contribution in [0.2, 0.25) is 15.1 Å². The standard InChI is InChI=1S/C56H50BrCl3N12O4/c57-29-8-16-36(17-9-29)69-54(75)51(41-22-14-34(63)27-46(41)67)72(38-18-10-30(58)11-19-38)55(76)56(42-23-15-35(64)28-47(42)68,49(39-20-12-32(61)25-44(39)65)52(73)70-37-5-3-4-31(59)24-37)50(40-21-13-33(62)26-45(40)66)53(74)71-48-7-2-1-6-43(48)60/h1-28,49-51H,61-68H2,(H,69,75)(H,70,73)(H,71,74). The first kappa shape index (κ1) is 53.7. The number of carbonyl (C=O) groups is 4. The highest BCUT2D eigenvalue weighted by atomic mass is 79.9. The van der Waals surface area contributed by atoms with E-state index < -0.39 is 46.9 Å². The SMILES string of the molecule is Nc1ccc(C(C(=O)Nc2ccc(Br)cc2)N(C(=O)C(c2ccc(N)cc2N)(C(C(=O)Nc2cccc(Cl)c2)c2ccc(N)cc2N)C(C(=O)Nc2ccccc2Cl)c2ccc(N)cc2N)c2ccc(Cl)cc2)c(N)c1. The lowest BCUT2D eigenvalue weighted by molar-refractivity contribution is -0.135. The molecule has 0 saturated carbocycles. The molecule has 0 fully saturated rings. The van der Waals surface area contributed by atoms with Crippen LogP contribution in [0.5, 0.6) is 0 Å². The predicted molar refractivity (Wildman–Crippen MR) is 313 cm³/mol. The van der Waals surface area contributed by atoms with Gasteiger partial charge >= 0.3 is 0 Å². The number of anilines is 12. The highest BCUT2D eigenvalue weighted by Gasteiger charge is 2.63. The minimum absolute atomic E-state index is 0.00906. The van der Waals surface area contributed by atoms with Crippen LogP contribution in [0.15, 0.2) is 174 Å². The van der Waals surface area contributed by atoms with Gasteiger partial charge in [-0.25, -0.2) is 0 Å². The van der Waals surface area contributed by atoms with Crippen molar-refractivity contribution in [3.8, 4) is 0 Å². The second-order valence-electron chi connectivity index (χ2n) is 17.8. The number of hydrogen-bond acceptors (Lipinski definition) is 12. The van der Waals surface area contributed by atoms with Crippen molar-refractivity contribution in [1.29, 1.82) is 0 Å². The Bertz CT molecular complexity index is 3530. The van der Waals surface area contributed by atoms with Crippen molar-refractivity contribution in [2.45, 2.75) is 23.3 Å². The number of halogens is 4. The first-order chi connectivity index (χ1) is 36.3. The number of hydrogen-bond donors (Lipinski definition) is 11. The number of carbonyl (C=O) groups excluding carboxylic acids is 4. The van der Waals surface area contributed by atoms with Gasteiger partial charge in [0.25, 0.3) is 5.91 Å². The van der Waals surface area contributed by atoms with Crippen LogP contribution in [0, 0.1) is 0 Å². The van der Waals surface area contributed by atoms with Crippen molar-refractivity contribution in [2.24, 2.45) is 0 Å². The summed E-state index contributed by atoms with van der Waals surface area (Å²) in [4.78, 5) is 67.8. The number of nitrogen functional groups attached to an aromatic ring is 8. The lowest BCUT2D eigenvalue weighted by atomic mass is 9.56. The molecule has 4 atom stereocenters. The predicted octanol–water partition coefficient (Wildman–Crippen LogP) is 10.6. The van der Waals surface area contributed by atoms with Gasteiger partial charge in [0.2, 0.25) is 17.7 Å². The second-order valence-corrected chi connectivity index (χ2v) is 20.0. The summed E-state index contributed by atoms with van der Waals surface area (Å²) in [5, 5.41) is 9.42. The van der Waals surface area contributed by atoms with Gasteiger partial charge in [0.05, 0.1) is 22.5 Å². The Morgan fingerprint density at radius 2 is 0.961 bits per heavy atom. The maximum atomic E-state index is 18.1. The van der Waals surface area contributed by atoms with E-state index in [-0.39, 0.29) is 99.9 Å². The van der Waals surface area contributed by atoms with E-state index in [1.807, 2.05) is 0 Å². The smallest absolute Gasteiger partial charge is 0.252 e. The molecule has 8 aromatic carbocycles. The summed E-state index contributed by atoms with van der Waals surface area (Å²) in [6.45, 7) is 0. The van der Waals surface area contributed by atoms with Crippen LogP contribution in [0.25, 0.3) is 0 Å². The molecule has 8 aromatic rings. The fourth-order valence-electron chi connectivity index (χ4n) is 9.41. The number of rotatable bonds is 15. The minimum Gasteiger partial charge on any atom is -0.399 e. The van der Waals surface area contributed by atoms with Gasteiger partial charge in [-0.15, -0.1) is 0 Å². The van der Waals surface area contributed by atoms with Crippen molar-refractivity contribution >= 4 is 143 Å². The molecule has 0 heterocycles. The summed E-state index contributed by atoms with van der Waals surface area (Å²) in [7, 11) is 0.